The van der Waals surface area contributed by atoms with Crippen LogP contribution in [0.25, 0.3) is 0 Å². The van der Waals surface area contributed by atoms with Crippen LogP contribution in [0.15, 0.2) is 0 Å². The van der Waals surface area contributed by atoms with E-state index in [1.54, 1.807) is 0 Å². The SMILES string of the molecule is CCC(O)CSC(C)C(C)C. The molecule has 0 aromatic heterocycles. The first kappa shape index (κ1) is 11.3. The third-order valence-corrected chi connectivity index (χ3v) is 3.61. The average molecular weight is 176 g/mol. The average Bonchev–Trinajstić information content (AvgIpc) is 1.99. The minimum absolute atomic E-state index is 0.110. The maximum absolute atomic E-state index is 9.27. The van der Waals surface area contributed by atoms with Gasteiger partial charge in [-0.2, -0.15) is 11.8 Å². The Morgan fingerprint density at radius 3 is 2.18 bits per heavy atom. The maximum atomic E-state index is 9.27. The smallest absolute Gasteiger partial charge is 0.0628 e. The van der Waals surface area contributed by atoms with Gasteiger partial charge in [-0.25, -0.2) is 0 Å². The molecule has 0 aromatic carbocycles. The van der Waals surface area contributed by atoms with Crippen molar-refractivity contribution in [3.05, 3.63) is 0 Å². The number of hydrogen-bond donors (Lipinski definition) is 1. The van der Waals surface area contributed by atoms with Crippen LogP contribution >= 0.6 is 11.8 Å². The van der Waals surface area contributed by atoms with E-state index in [2.05, 4.69) is 20.8 Å². The van der Waals surface area contributed by atoms with Crippen LogP contribution in [0.5, 0.6) is 0 Å². The molecule has 11 heavy (non-hydrogen) atoms. The second-order valence-corrected chi connectivity index (χ2v) is 4.75. The van der Waals surface area contributed by atoms with Crippen molar-refractivity contribution in [1.82, 2.24) is 0 Å². The van der Waals surface area contributed by atoms with Crippen molar-refractivity contribution >= 4 is 11.8 Å². The zero-order chi connectivity index (χ0) is 8.85. The molecule has 68 valence electrons. The van der Waals surface area contributed by atoms with Gasteiger partial charge < -0.3 is 5.11 Å². The van der Waals surface area contributed by atoms with Crippen molar-refractivity contribution in [2.24, 2.45) is 5.92 Å². The maximum Gasteiger partial charge on any atom is 0.0628 e. The fraction of sp³-hybridized carbons (Fsp3) is 1.00. The number of aliphatic hydroxyl groups is 1. The van der Waals surface area contributed by atoms with Crippen molar-refractivity contribution in [1.29, 1.82) is 0 Å². The van der Waals surface area contributed by atoms with Gasteiger partial charge in [0.25, 0.3) is 0 Å². The summed E-state index contributed by atoms with van der Waals surface area (Å²) in [6, 6.07) is 0. The molecule has 0 aromatic rings. The van der Waals surface area contributed by atoms with Crippen LogP contribution in [0.4, 0.5) is 0 Å². The van der Waals surface area contributed by atoms with E-state index >= 15 is 0 Å². The normalized spacial score (nSPS) is 16.9. The Kier molecular flexibility index (Phi) is 6.06. The van der Waals surface area contributed by atoms with Gasteiger partial charge in [-0.1, -0.05) is 27.7 Å². The minimum atomic E-state index is -0.110. The van der Waals surface area contributed by atoms with Gasteiger partial charge in [0.2, 0.25) is 0 Å². The van der Waals surface area contributed by atoms with E-state index in [9.17, 15) is 5.11 Å². The van der Waals surface area contributed by atoms with Crippen molar-refractivity contribution in [2.45, 2.75) is 45.5 Å². The van der Waals surface area contributed by atoms with Crippen LogP contribution in [0, 0.1) is 5.92 Å². The van der Waals surface area contributed by atoms with Crippen LogP contribution in [0.1, 0.15) is 34.1 Å². The number of hydrogen-bond acceptors (Lipinski definition) is 2. The van der Waals surface area contributed by atoms with Gasteiger partial charge in [0.05, 0.1) is 6.10 Å². The molecule has 2 unspecified atom stereocenters. The van der Waals surface area contributed by atoms with Gasteiger partial charge in [-0.15, -0.1) is 0 Å². The van der Waals surface area contributed by atoms with Crippen LogP contribution in [0.3, 0.4) is 0 Å². The summed E-state index contributed by atoms with van der Waals surface area (Å²) < 4.78 is 0. The second kappa shape index (κ2) is 5.90. The van der Waals surface area contributed by atoms with E-state index in [1.807, 2.05) is 18.7 Å². The highest BCUT2D eigenvalue weighted by molar-refractivity contribution is 7.99. The van der Waals surface area contributed by atoms with Gasteiger partial charge in [0.1, 0.15) is 0 Å². The lowest BCUT2D eigenvalue weighted by atomic mass is 10.2. The van der Waals surface area contributed by atoms with E-state index in [0.717, 1.165) is 12.2 Å². The summed E-state index contributed by atoms with van der Waals surface area (Å²) in [5.74, 6) is 1.60. The fourth-order valence-corrected chi connectivity index (χ4v) is 1.72. The number of thioether (sulfide) groups is 1. The Morgan fingerprint density at radius 1 is 1.27 bits per heavy atom. The molecule has 2 atom stereocenters. The summed E-state index contributed by atoms with van der Waals surface area (Å²) in [4.78, 5) is 0. The lowest BCUT2D eigenvalue weighted by Crippen LogP contribution is -2.13. The van der Waals surface area contributed by atoms with E-state index in [4.69, 9.17) is 0 Å². The summed E-state index contributed by atoms with van der Waals surface area (Å²) in [5, 5.41) is 9.93. The second-order valence-electron chi connectivity index (χ2n) is 3.34. The summed E-state index contributed by atoms with van der Waals surface area (Å²) >= 11 is 1.87. The van der Waals surface area contributed by atoms with Crippen LogP contribution in [0.2, 0.25) is 0 Å². The highest BCUT2D eigenvalue weighted by atomic mass is 32.2. The van der Waals surface area contributed by atoms with Gasteiger partial charge in [-0.3, -0.25) is 0 Å². The molecule has 1 nitrogen and oxygen atoms in total. The van der Waals surface area contributed by atoms with Crippen LogP contribution in [-0.4, -0.2) is 22.2 Å². The number of aliphatic hydroxyl groups excluding tert-OH is 1. The largest absolute Gasteiger partial charge is 0.392 e. The predicted molar refractivity (Wildman–Crippen MR) is 53.1 cm³/mol. The van der Waals surface area contributed by atoms with Gasteiger partial charge in [0.15, 0.2) is 0 Å². The highest BCUT2D eigenvalue weighted by Gasteiger charge is 2.09. The minimum Gasteiger partial charge on any atom is -0.392 e. The Bertz CT molecular complexity index is 93.6. The molecule has 1 N–H and O–H groups in total. The fourth-order valence-electron chi connectivity index (χ4n) is 0.573. The molecule has 0 saturated carbocycles. The van der Waals surface area contributed by atoms with Crippen LogP contribution in [-0.2, 0) is 0 Å². The molecule has 0 bridgehead atoms. The van der Waals surface area contributed by atoms with Gasteiger partial charge in [0, 0.05) is 11.0 Å². The first-order valence-corrected chi connectivity index (χ1v) is 5.42. The standard InChI is InChI=1S/C9H20OS/c1-5-9(10)6-11-8(4)7(2)3/h7-10H,5-6H2,1-4H3. The molecule has 0 heterocycles. The molecule has 0 rings (SSSR count). The molecule has 0 aliphatic heterocycles. The van der Waals surface area contributed by atoms with E-state index in [1.165, 1.54) is 0 Å². The van der Waals surface area contributed by atoms with Gasteiger partial charge >= 0.3 is 0 Å². The Labute approximate surface area is 74.6 Å². The molecular formula is C9H20OS. The van der Waals surface area contributed by atoms with Crippen LogP contribution < -0.4 is 0 Å². The molecule has 0 radical (unpaired) electrons. The molecule has 0 aliphatic rings. The molecule has 0 fully saturated rings. The third-order valence-electron chi connectivity index (χ3n) is 1.96. The topological polar surface area (TPSA) is 20.2 Å². The van der Waals surface area contributed by atoms with E-state index in [0.29, 0.717) is 11.2 Å². The number of rotatable bonds is 5. The zero-order valence-corrected chi connectivity index (χ0v) is 8.82. The monoisotopic (exact) mass is 176 g/mol. The lowest BCUT2D eigenvalue weighted by Gasteiger charge is -2.16. The van der Waals surface area contributed by atoms with Crippen molar-refractivity contribution < 1.29 is 5.11 Å². The Morgan fingerprint density at radius 2 is 1.82 bits per heavy atom. The first-order chi connectivity index (χ1) is 5.07. The highest BCUT2D eigenvalue weighted by Crippen LogP contribution is 2.19. The summed E-state index contributed by atoms with van der Waals surface area (Å²) in [7, 11) is 0. The molecule has 0 saturated heterocycles. The molecule has 0 aliphatic carbocycles. The third kappa shape index (κ3) is 5.57. The van der Waals surface area contributed by atoms with Gasteiger partial charge in [-0.05, 0) is 12.3 Å². The van der Waals surface area contributed by atoms with Crippen molar-refractivity contribution in [3.63, 3.8) is 0 Å². The van der Waals surface area contributed by atoms with E-state index < -0.39 is 0 Å². The summed E-state index contributed by atoms with van der Waals surface area (Å²) in [6.07, 6.45) is 0.763. The predicted octanol–water partition coefficient (Wildman–Crippen LogP) is 2.54. The summed E-state index contributed by atoms with van der Waals surface area (Å²) in [5.41, 5.74) is 0. The van der Waals surface area contributed by atoms with E-state index in [-0.39, 0.29) is 6.10 Å². The lowest BCUT2D eigenvalue weighted by molar-refractivity contribution is 0.195. The molecular weight excluding hydrogens is 156 g/mol. The Hall–Kier alpha value is 0.310. The molecule has 0 amide bonds. The first-order valence-electron chi connectivity index (χ1n) is 4.37. The molecule has 2 heteroatoms. The quantitative estimate of drug-likeness (QED) is 0.694. The Balaban J connectivity index is 3.37. The van der Waals surface area contributed by atoms with Crippen molar-refractivity contribution in [3.8, 4) is 0 Å². The zero-order valence-electron chi connectivity index (χ0n) is 8.00. The summed E-state index contributed by atoms with van der Waals surface area (Å²) in [6.45, 7) is 8.68. The van der Waals surface area contributed by atoms with Crippen molar-refractivity contribution in [2.75, 3.05) is 5.75 Å². The molecule has 0 spiro atoms.